The van der Waals surface area contributed by atoms with Crippen LogP contribution >= 0.6 is 11.6 Å². The molecule has 1 aromatic rings. The molecule has 1 N–H and O–H groups in total. The topological polar surface area (TPSA) is 29.5 Å². The van der Waals surface area contributed by atoms with Gasteiger partial charge in [-0.3, -0.25) is 0 Å². The van der Waals surface area contributed by atoms with Gasteiger partial charge in [-0.1, -0.05) is 30.3 Å². The zero-order valence-electron chi connectivity index (χ0n) is 8.19. The van der Waals surface area contributed by atoms with Gasteiger partial charge in [-0.2, -0.15) is 0 Å². The van der Waals surface area contributed by atoms with Crippen LogP contribution in [-0.2, 0) is 4.74 Å². The van der Waals surface area contributed by atoms with Gasteiger partial charge in [0.15, 0.2) is 0 Å². The summed E-state index contributed by atoms with van der Waals surface area (Å²) in [5.74, 6) is 0.341. The zero-order valence-corrected chi connectivity index (χ0v) is 8.95. The fraction of sp³-hybridized carbons (Fsp3) is 0.455. The molecule has 0 heterocycles. The van der Waals surface area contributed by atoms with Gasteiger partial charge in [0.05, 0.1) is 12.7 Å². The fourth-order valence-electron chi connectivity index (χ4n) is 1.36. The molecule has 0 bridgehead atoms. The smallest absolute Gasteiger partial charge is 0.0851 e. The lowest BCUT2D eigenvalue weighted by atomic mass is 9.98. The van der Waals surface area contributed by atoms with Crippen LogP contribution in [0.4, 0.5) is 0 Å². The van der Waals surface area contributed by atoms with Crippen LogP contribution in [0, 0.1) is 5.92 Å². The maximum atomic E-state index is 9.95. The van der Waals surface area contributed by atoms with Gasteiger partial charge in [-0.15, -0.1) is 11.6 Å². The van der Waals surface area contributed by atoms with Crippen molar-refractivity contribution in [2.45, 2.75) is 6.10 Å². The molecule has 2 atom stereocenters. The van der Waals surface area contributed by atoms with Crippen molar-refractivity contribution < 1.29 is 9.84 Å². The minimum Gasteiger partial charge on any atom is -0.388 e. The van der Waals surface area contributed by atoms with E-state index >= 15 is 0 Å². The van der Waals surface area contributed by atoms with Crippen molar-refractivity contribution >= 4 is 11.6 Å². The fourth-order valence-corrected chi connectivity index (χ4v) is 1.61. The quantitative estimate of drug-likeness (QED) is 0.762. The van der Waals surface area contributed by atoms with E-state index in [4.69, 9.17) is 16.3 Å². The number of rotatable bonds is 5. The van der Waals surface area contributed by atoms with Crippen molar-refractivity contribution in [3.8, 4) is 0 Å². The molecular weight excluding hydrogens is 200 g/mol. The average molecular weight is 215 g/mol. The van der Waals surface area contributed by atoms with Gasteiger partial charge in [-0.25, -0.2) is 0 Å². The number of benzene rings is 1. The number of hydrogen-bond acceptors (Lipinski definition) is 2. The van der Waals surface area contributed by atoms with Crippen molar-refractivity contribution in [2.24, 2.45) is 5.92 Å². The standard InChI is InChI=1S/C11H15ClO2/c1-14-8-10(7-12)11(13)9-5-3-2-4-6-9/h2-6,10-11,13H,7-8H2,1H3/t10?,11-/m0/s1. The highest BCUT2D eigenvalue weighted by atomic mass is 35.5. The number of aliphatic hydroxyl groups is 1. The van der Waals surface area contributed by atoms with Crippen LogP contribution in [0.5, 0.6) is 0 Å². The average Bonchev–Trinajstić information content (AvgIpc) is 2.26. The summed E-state index contributed by atoms with van der Waals surface area (Å²) in [5, 5.41) is 9.95. The maximum Gasteiger partial charge on any atom is 0.0851 e. The summed E-state index contributed by atoms with van der Waals surface area (Å²) >= 11 is 5.75. The molecule has 1 aromatic carbocycles. The largest absolute Gasteiger partial charge is 0.388 e. The molecule has 0 aromatic heterocycles. The highest BCUT2D eigenvalue weighted by Crippen LogP contribution is 2.22. The number of halogens is 1. The van der Waals surface area contributed by atoms with E-state index in [2.05, 4.69) is 0 Å². The summed E-state index contributed by atoms with van der Waals surface area (Å²) in [5.41, 5.74) is 0.884. The Labute approximate surface area is 89.5 Å². The number of hydrogen-bond donors (Lipinski definition) is 1. The van der Waals surface area contributed by atoms with Crippen LogP contribution in [0.25, 0.3) is 0 Å². The molecule has 1 unspecified atom stereocenters. The predicted octanol–water partition coefficient (Wildman–Crippen LogP) is 2.22. The van der Waals surface area contributed by atoms with E-state index in [0.29, 0.717) is 12.5 Å². The molecule has 0 fully saturated rings. The van der Waals surface area contributed by atoms with Gasteiger partial charge in [-0.05, 0) is 5.56 Å². The molecule has 0 amide bonds. The van der Waals surface area contributed by atoms with E-state index < -0.39 is 6.10 Å². The molecule has 1 rings (SSSR count). The second-order valence-corrected chi connectivity index (χ2v) is 3.53. The van der Waals surface area contributed by atoms with Crippen molar-refractivity contribution in [1.82, 2.24) is 0 Å². The number of ether oxygens (including phenoxy) is 1. The molecule has 0 radical (unpaired) electrons. The predicted molar refractivity (Wildman–Crippen MR) is 57.5 cm³/mol. The molecule has 0 aliphatic carbocycles. The Morgan fingerprint density at radius 1 is 1.36 bits per heavy atom. The minimum absolute atomic E-state index is 0.0518. The molecule has 0 aliphatic heterocycles. The van der Waals surface area contributed by atoms with Crippen molar-refractivity contribution in [3.05, 3.63) is 35.9 Å². The highest BCUT2D eigenvalue weighted by Gasteiger charge is 2.19. The van der Waals surface area contributed by atoms with Crippen molar-refractivity contribution in [3.63, 3.8) is 0 Å². The van der Waals surface area contributed by atoms with E-state index in [0.717, 1.165) is 5.56 Å². The molecular formula is C11H15ClO2. The monoisotopic (exact) mass is 214 g/mol. The molecule has 0 saturated heterocycles. The molecule has 0 spiro atoms. The van der Waals surface area contributed by atoms with Gasteiger partial charge >= 0.3 is 0 Å². The third-order valence-corrected chi connectivity index (χ3v) is 2.56. The van der Waals surface area contributed by atoms with Gasteiger partial charge < -0.3 is 9.84 Å². The molecule has 3 heteroatoms. The Balaban J connectivity index is 2.67. The Hall–Kier alpha value is -0.570. The first-order chi connectivity index (χ1) is 6.79. The first kappa shape index (κ1) is 11.5. The van der Waals surface area contributed by atoms with Crippen molar-refractivity contribution in [1.29, 1.82) is 0 Å². The van der Waals surface area contributed by atoms with Gasteiger partial charge in [0.2, 0.25) is 0 Å². The lowest BCUT2D eigenvalue weighted by Crippen LogP contribution is -2.19. The summed E-state index contributed by atoms with van der Waals surface area (Å²) in [4.78, 5) is 0. The van der Waals surface area contributed by atoms with Crippen LogP contribution in [0.2, 0.25) is 0 Å². The Morgan fingerprint density at radius 2 is 2.00 bits per heavy atom. The van der Waals surface area contributed by atoms with E-state index in [1.807, 2.05) is 30.3 Å². The third kappa shape index (κ3) is 2.98. The first-order valence-electron chi connectivity index (χ1n) is 4.57. The molecule has 0 saturated carbocycles. The SMILES string of the molecule is COCC(CCl)[C@@H](O)c1ccccc1. The second kappa shape index (κ2) is 6.02. The summed E-state index contributed by atoms with van der Waals surface area (Å²) in [7, 11) is 1.61. The normalized spacial score (nSPS) is 15.1. The number of alkyl halides is 1. The number of aliphatic hydroxyl groups excluding tert-OH is 1. The van der Waals surface area contributed by atoms with Crippen molar-refractivity contribution in [2.75, 3.05) is 19.6 Å². The van der Waals surface area contributed by atoms with E-state index in [1.54, 1.807) is 7.11 Å². The molecule has 78 valence electrons. The van der Waals surface area contributed by atoms with E-state index in [1.165, 1.54) is 0 Å². The van der Waals surface area contributed by atoms with Crippen LogP contribution in [0.3, 0.4) is 0 Å². The Kier molecular flexibility index (Phi) is 4.94. The summed E-state index contributed by atoms with van der Waals surface area (Å²) in [6.45, 7) is 0.472. The maximum absolute atomic E-state index is 9.95. The van der Waals surface area contributed by atoms with Crippen LogP contribution in [0.1, 0.15) is 11.7 Å². The Bertz CT molecular complexity index is 251. The second-order valence-electron chi connectivity index (χ2n) is 3.23. The lowest BCUT2D eigenvalue weighted by Gasteiger charge is -2.20. The third-order valence-electron chi connectivity index (χ3n) is 2.17. The van der Waals surface area contributed by atoms with Crippen LogP contribution in [0.15, 0.2) is 30.3 Å². The van der Waals surface area contributed by atoms with Gasteiger partial charge in [0, 0.05) is 18.9 Å². The molecule has 14 heavy (non-hydrogen) atoms. The summed E-state index contributed by atoms with van der Waals surface area (Å²) in [6.07, 6.45) is -0.548. The first-order valence-corrected chi connectivity index (χ1v) is 5.11. The lowest BCUT2D eigenvalue weighted by molar-refractivity contribution is 0.0584. The minimum atomic E-state index is -0.548. The van der Waals surface area contributed by atoms with Crippen LogP contribution in [-0.4, -0.2) is 24.7 Å². The molecule has 0 aliphatic rings. The number of methoxy groups -OCH3 is 1. The molecule has 2 nitrogen and oxygen atoms in total. The van der Waals surface area contributed by atoms with E-state index in [9.17, 15) is 5.11 Å². The summed E-state index contributed by atoms with van der Waals surface area (Å²) in [6, 6.07) is 9.50. The van der Waals surface area contributed by atoms with Gasteiger partial charge in [0.1, 0.15) is 0 Å². The summed E-state index contributed by atoms with van der Waals surface area (Å²) < 4.78 is 4.99. The van der Waals surface area contributed by atoms with Crippen LogP contribution < -0.4 is 0 Å². The highest BCUT2D eigenvalue weighted by molar-refractivity contribution is 6.18. The van der Waals surface area contributed by atoms with Gasteiger partial charge in [0.25, 0.3) is 0 Å². The zero-order chi connectivity index (χ0) is 10.4. The van der Waals surface area contributed by atoms with E-state index in [-0.39, 0.29) is 5.92 Å². The Morgan fingerprint density at radius 3 is 2.50 bits per heavy atom.